The molecule has 4 heteroatoms. The Bertz CT molecular complexity index is 528. The van der Waals surface area contributed by atoms with E-state index in [0.29, 0.717) is 17.9 Å². The molecule has 0 amide bonds. The van der Waals surface area contributed by atoms with Gasteiger partial charge in [0.05, 0.1) is 12.1 Å². The maximum Gasteiger partial charge on any atom is 0.179 e. The van der Waals surface area contributed by atoms with Crippen molar-refractivity contribution in [3.05, 3.63) is 59.9 Å². The topological polar surface area (TPSA) is 39.2 Å². The van der Waals surface area contributed by atoms with Gasteiger partial charge < -0.3 is 4.74 Å². The summed E-state index contributed by atoms with van der Waals surface area (Å²) in [7, 11) is 0. The van der Waals surface area contributed by atoms with Crippen LogP contribution in [0.3, 0.4) is 0 Å². The molecule has 1 heterocycles. The number of Topliss-reactive ketones (excluding diaryl/α,β-unsaturated/α-hetero) is 1. The zero-order valence-electron chi connectivity index (χ0n) is 9.67. The van der Waals surface area contributed by atoms with Gasteiger partial charge in [0.15, 0.2) is 5.78 Å². The Morgan fingerprint density at radius 3 is 2.72 bits per heavy atom. The van der Waals surface area contributed by atoms with Crippen LogP contribution in [0.15, 0.2) is 48.8 Å². The number of hydrogen-bond donors (Lipinski definition) is 0. The van der Waals surface area contributed by atoms with Gasteiger partial charge in [0.25, 0.3) is 0 Å². The van der Waals surface area contributed by atoms with Gasteiger partial charge in [-0.15, -0.1) is 11.6 Å². The fraction of sp³-hybridized carbons (Fsp3) is 0.143. The fourth-order valence-electron chi connectivity index (χ4n) is 1.47. The predicted octanol–water partition coefficient (Wildman–Crippen LogP) is 3.08. The summed E-state index contributed by atoms with van der Waals surface area (Å²) in [6, 6.07) is 11.4. The lowest BCUT2D eigenvalue weighted by Gasteiger charge is -2.06. The van der Waals surface area contributed by atoms with Crippen LogP contribution in [-0.4, -0.2) is 16.6 Å². The highest BCUT2D eigenvalue weighted by atomic mass is 35.5. The molecule has 0 spiro atoms. The van der Waals surface area contributed by atoms with Gasteiger partial charge in [-0.3, -0.25) is 9.78 Å². The first-order valence-corrected chi connectivity index (χ1v) is 6.04. The molecule has 1 aromatic carbocycles. The van der Waals surface area contributed by atoms with E-state index in [4.69, 9.17) is 16.3 Å². The van der Waals surface area contributed by atoms with Gasteiger partial charge in [-0.25, -0.2) is 0 Å². The number of rotatable bonds is 5. The number of carbonyl (C=O) groups excluding carboxylic acids is 1. The Morgan fingerprint density at radius 1 is 1.22 bits per heavy atom. The average molecular weight is 262 g/mol. The molecular weight excluding hydrogens is 250 g/mol. The molecule has 0 unspecified atom stereocenters. The van der Waals surface area contributed by atoms with Crippen molar-refractivity contribution in [1.82, 2.24) is 4.98 Å². The molecule has 1 aromatic heterocycles. The van der Waals surface area contributed by atoms with Crippen molar-refractivity contribution in [2.24, 2.45) is 0 Å². The molecule has 18 heavy (non-hydrogen) atoms. The van der Waals surface area contributed by atoms with Gasteiger partial charge >= 0.3 is 0 Å². The van der Waals surface area contributed by atoms with E-state index in [-0.39, 0.29) is 11.7 Å². The lowest BCUT2D eigenvalue weighted by Crippen LogP contribution is -2.02. The SMILES string of the molecule is O=C(CCl)c1cncc(OCc2ccccc2)c1. The van der Waals surface area contributed by atoms with E-state index in [0.717, 1.165) is 5.56 Å². The monoisotopic (exact) mass is 261 g/mol. The van der Waals surface area contributed by atoms with Crippen LogP contribution < -0.4 is 4.74 Å². The zero-order chi connectivity index (χ0) is 12.8. The lowest BCUT2D eigenvalue weighted by atomic mass is 10.2. The maximum absolute atomic E-state index is 11.4. The number of aromatic nitrogens is 1. The second-order valence-corrected chi connectivity index (χ2v) is 4.01. The van der Waals surface area contributed by atoms with Crippen LogP contribution in [0.1, 0.15) is 15.9 Å². The largest absolute Gasteiger partial charge is 0.487 e. The van der Waals surface area contributed by atoms with Gasteiger partial charge in [-0.1, -0.05) is 30.3 Å². The fourth-order valence-corrected chi connectivity index (χ4v) is 1.62. The number of ketones is 1. The third-order valence-corrected chi connectivity index (χ3v) is 2.65. The first kappa shape index (κ1) is 12.6. The summed E-state index contributed by atoms with van der Waals surface area (Å²) in [6.07, 6.45) is 3.06. The molecule has 0 N–H and O–H groups in total. The van der Waals surface area contributed by atoms with Crippen LogP contribution in [0.2, 0.25) is 0 Å². The number of halogens is 1. The second kappa shape index (κ2) is 6.17. The summed E-state index contributed by atoms with van der Waals surface area (Å²) in [5.74, 6) is 0.355. The van der Waals surface area contributed by atoms with E-state index < -0.39 is 0 Å². The van der Waals surface area contributed by atoms with Crippen molar-refractivity contribution in [1.29, 1.82) is 0 Å². The summed E-state index contributed by atoms with van der Waals surface area (Å²) in [5, 5.41) is 0. The van der Waals surface area contributed by atoms with Crippen molar-refractivity contribution in [2.75, 3.05) is 5.88 Å². The van der Waals surface area contributed by atoms with Gasteiger partial charge in [0, 0.05) is 11.8 Å². The number of hydrogen-bond acceptors (Lipinski definition) is 3. The molecule has 2 aromatic rings. The Hall–Kier alpha value is -1.87. The number of nitrogens with zero attached hydrogens (tertiary/aromatic N) is 1. The maximum atomic E-state index is 11.4. The molecule has 0 saturated heterocycles. The van der Waals surface area contributed by atoms with E-state index in [2.05, 4.69) is 4.98 Å². The minimum atomic E-state index is -0.158. The predicted molar refractivity (Wildman–Crippen MR) is 70.1 cm³/mol. The van der Waals surface area contributed by atoms with Crippen LogP contribution in [0, 0.1) is 0 Å². The molecule has 0 bridgehead atoms. The number of alkyl halides is 1. The third-order valence-electron chi connectivity index (χ3n) is 2.40. The first-order chi connectivity index (χ1) is 8.79. The molecule has 0 aliphatic heterocycles. The van der Waals surface area contributed by atoms with Gasteiger partial charge in [-0.05, 0) is 11.6 Å². The molecule has 3 nitrogen and oxygen atoms in total. The zero-order valence-corrected chi connectivity index (χ0v) is 10.4. The van der Waals surface area contributed by atoms with Crippen molar-refractivity contribution >= 4 is 17.4 Å². The Labute approximate surface area is 110 Å². The van der Waals surface area contributed by atoms with E-state index in [1.165, 1.54) is 6.20 Å². The Kier molecular flexibility index (Phi) is 4.31. The highest BCUT2D eigenvalue weighted by Gasteiger charge is 2.06. The molecular formula is C14H12ClNO2. The highest BCUT2D eigenvalue weighted by molar-refractivity contribution is 6.30. The quantitative estimate of drug-likeness (QED) is 0.613. The second-order valence-electron chi connectivity index (χ2n) is 3.74. The first-order valence-electron chi connectivity index (χ1n) is 5.50. The smallest absolute Gasteiger partial charge is 0.179 e. The molecule has 0 aliphatic carbocycles. The molecule has 92 valence electrons. The summed E-state index contributed by atoms with van der Waals surface area (Å²) in [4.78, 5) is 15.4. The van der Waals surface area contributed by atoms with E-state index in [1.54, 1.807) is 12.3 Å². The Morgan fingerprint density at radius 2 is 2.00 bits per heavy atom. The van der Waals surface area contributed by atoms with Crippen molar-refractivity contribution in [3.63, 3.8) is 0 Å². The van der Waals surface area contributed by atoms with E-state index >= 15 is 0 Å². The minimum absolute atomic E-state index is 0.0518. The van der Waals surface area contributed by atoms with Gasteiger partial charge in [0.2, 0.25) is 0 Å². The lowest BCUT2D eigenvalue weighted by molar-refractivity contribution is 0.102. The molecule has 2 rings (SSSR count). The standard InChI is InChI=1S/C14H12ClNO2/c15-7-14(17)12-6-13(9-16-8-12)18-10-11-4-2-1-3-5-11/h1-6,8-9H,7,10H2. The molecule has 0 atom stereocenters. The third kappa shape index (κ3) is 3.31. The van der Waals surface area contributed by atoms with Crippen LogP contribution in [-0.2, 0) is 6.61 Å². The summed E-state index contributed by atoms with van der Waals surface area (Å²) >= 11 is 5.49. The molecule has 0 aliphatic rings. The van der Waals surface area contributed by atoms with Crippen molar-refractivity contribution in [3.8, 4) is 5.75 Å². The molecule has 0 fully saturated rings. The van der Waals surface area contributed by atoms with Crippen LogP contribution >= 0.6 is 11.6 Å². The van der Waals surface area contributed by atoms with Crippen molar-refractivity contribution in [2.45, 2.75) is 6.61 Å². The van der Waals surface area contributed by atoms with Crippen LogP contribution in [0.25, 0.3) is 0 Å². The summed E-state index contributed by atoms with van der Waals surface area (Å²) in [5.41, 5.74) is 1.53. The number of benzene rings is 1. The molecule has 0 saturated carbocycles. The van der Waals surface area contributed by atoms with Gasteiger partial charge in [-0.2, -0.15) is 0 Å². The van der Waals surface area contributed by atoms with Gasteiger partial charge in [0.1, 0.15) is 12.4 Å². The van der Waals surface area contributed by atoms with E-state index in [9.17, 15) is 4.79 Å². The van der Waals surface area contributed by atoms with Crippen LogP contribution in [0.5, 0.6) is 5.75 Å². The van der Waals surface area contributed by atoms with Crippen LogP contribution in [0.4, 0.5) is 0 Å². The van der Waals surface area contributed by atoms with E-state index in [1.807, 2.05) is 30.3 Å². The number of ether oxygens (including phenoxy) is 1. The Balaban J connectivity index is 2.04. The number of carbonyl (C=O) groups is 1. The summed E-state index contributed by atoms with van der Waals surface area (Å²) < 4.78 is 5.57. The minimum Gasteiger partial charge on any atom is -0.487 e. The summed E-state index contributed by atoms with van der Waals surface area (Å²) in [6.45, 7) is 0.445. The highest BCUT2D eigenvalue weighted by Crippen LogP contribution is 2.14. The van der Waals surface area contributed by atoms with Crippen molar-refractivity contribution < 1.29 is 9.53 Å². The molecule has 0 radical (unpaired) electrons. The average Bonchev–Trinajstić information content (AvgIpc) is 2.45. The number of pyridine rings is 1. The normalized spacial score (nSPS) is 10.1.